The predicted octanol–water partition coefficient (Wildman–Crippen LogP) is 3.39. The van der Waals surface area contributed by atoms with Crippen LogP contribution in [0.1, 0.15) is 32.8 Å². The molecule has 0 saturated heterocycles. The monoisotopic (exact) mass is 243 g/mol. The molecule has 0 bridgehead atoms. The average molecular weight is 243 g/mol. The van der Waals surface area contributed by atoms with Crippen molar-refractivity contribution in [1.82, 2.24) is 4.90 Å². The van der Waals surface area contributed by atoms with Gasteiger partial charge in [0.2, 0.25) is 0 Å². The Kier molecular flexibility index (Phi) is 3.55. The van der Waals surface area contributed by atoms with E-state index in [1.807, 2.05) is 12.3 Å². The number of carbonyl (C=O) groups excluding carboxylic acids is 1. The molecule has 0 spiro atoms. The van der Waals surface area contributed by atoms with E-state index in [0.29, 0.717) is 6.42 Å². The molecule has 1 aromatic rings. The SMILES string of the molecule is CC(C)(C)C1CC(=O)C=CN1Cc1ccccc1. The zero-order chi connectivity index (χ0) is 13.2. The molecule has 1 aliphatic heterocycles. The normalized spacial score (nSPS) is 20.3. The maximum Gasteiger partial charge on any atom is 0.159 e. The average Bonchev–Trinajstić information content (AvgIpc) is 2.31. The first kappa shape index (κ1) is 12.9. The van der Waals surface area contributed by atoms with E-state index in [2.05, 4.69) is 49.9 Å². The minimum Gasteiger partial charge on any atom is -0.369 e. The van der Waals surface area contributed by atoms with Crippen LogP contribution in [0, 0.1) is 5.41 Å². The molecule has 0 amide bonds. The number of ketones is 1. The predicted molar refractivity (Wildman–Crippen MR) is 74.0 cm³/mol. The molecular formula is C16H21NO. The van der Waals surface area contributed by atoms with Gasteiger partial charge in [0.15, 0.2) is 5.78 Å². The van der Waals surface area contributed by atoms with Gasteiger partial charge in [-0.1, -0.05) is 51.1 Å². The van der Waals surface area contributed by atoms with Crippen molar-refractivity contribution in [1.29, 1.82) is 0 Å². The molecule has 1 atom stereocenters. The third-order valence-corrected chi connectivity index (χ3v) is 3.45. The second-order valence-corrected chi connectivity index (χ2v) is 6.03. The third kappa shape index (κ3) is 3.00. The standard InChI is InChI=1S/C16H21NO/c1-16(2,3)15-11-14(18)9-10-17(15)12-13-7-5-4-6-8-13/h4-10,15H,11-12H2,1-3H3. The summed E-state index contributed by atoms with van der Waals surface area (Å²) in [6, 6.07) is 10.7. The van der Waals surface area contributed by atoms with E-state index >= 15 is 0 Å². The number of hydrogen-bond acceptors (Lipinski definition) is 2. The van der Waals surface area contributed by atoms with Crippen LogP contribution in [0.25, 0.3) is 0 Å². The van der Waals surface area contributed by atoms with Crippen LogP contribution in [0.4, 0.5) is 0 Å². The molecule has 0 saturated carbocycles. The lowest BCUT2D eigenvalue weighted by molar-refractivity contribution is -0.117. The number of allylic oxidation sites excluding steroid dienone is 1. The molecule has 0 aromatic heterocycles. The number of nitrogens with zero attached hydrogens (tertiary/aromatic N) is 1. The smallest absolute Gasteiger partial charge is 0.159 e. The minimum atomic E-state index is 0.106. The first-order valence-electron chi connectivity index (χ1n) is 6.47. The van der Waals surface area contributed by atoms with Gasteiger partial charge in [0.25, 0.3) is 0 Å². The van der Waals surface area contributed by atoms with Crippen molar-refractivity contribution >= 4 is 5.78 Å². The zero-order valence-electron chi connectivity index (χ0n) is 11.4. The van der Waals surface area contributed by atoms with Crippen LogP contribution < -0.4 is 0 Å². The minimum absolute atomic E-state index is 0.106. The van der Waals surface area contributed by atoms with Crippen LogP contribution in [-0.2, 0) is 11.3 Å². The van der Waals surface area contributed by atoms with Crippen molar-refractivity contribution in [2.45, 2.75) is 39.8 Å². The van der Waals surface area contributed by atoms with Gasteiger partial charge in [-0.15, -0.1) is 0 Å². The van der Waals surface area contributed by atoms with E-state index in [-0.39, 0.29) is 17.2 Å². The van der Waals surface area contributed by atoms with E-state index in [1.165, 1.54) is 5.56 Å². The Labute approximate surface area is 109 Å². The summed E-state index contributed by atoms with van der Waals surface area (Å²) in [4.78, 5) is 13.9. The van der Waals surface area contributed by atoms with Gasteiger partial charge in [-0.2, -0.15) is 0 Å². The fraction of sp³-hybridized carbons (Fsp3) is 0.438. The highest BCUT2D eigenvalue weighted by Crippen LogP contribution is 2.31. The Morgan fingerprint density at radius 2 is 1.89 bits per heavy atom. The van der Waals surface area contributed by atoms with Crippen molar-refractivity contribution in [3.8, 4) is 0 Å². The number of rotatable bonds is 2. The van der Waals surface area contributed by atoms with Crippen molar-refractivity contribution in [2.24, 2.45) is 5.41 Å². The molecule has 1 unspecified atom stereocenters. The summed E-state index contributed by atoms with van der Waals surface area (Å²) in [7, 11) is 0. The molecule has 0 aliphatic carbocycles. The fourth-order valence-electron chi connectivity index (χ4n) is 2.42. The van der Waals surface area contributed by atoms with Gasteiger partial charge >= 0.3 is 0 Å². The van der Waals surface area contributed by atoms with Crippen molar-refractivity contribution in [3.63, 3.8) is 0 Å². The summed E-state index contributed by atoms with van der Waals surface area (Å²) in [5.41, 5.74) is 1.39. The highest BCUT2D eigenvalue weighted by molar-refractivity contribution is 5.90. The van der Waals surface area contributed by atoms with Gasteiger partial charge in [-0.05, 0) is 17.1 Å². The molecule has 2 nitrogen and oxygen atoms in total. The van der Waals surface area contributed by atoms with E-state index in [1.54, 1.807) is 6.08 Å². The molecule has 0 fully saturated rings. The number of benzene rings is 1. The summed E-state index contributed by atoms with van der Waals surface area (Å²) >= 11 is 0. The largest absolute Gasteiger partial charge is 0.369 e. The van der Waals surface area contributed by atoms with Crippen molar-refractivity contribution in [3.05, 3.63) is 48.2 Å². The molecule has 2 heteroatoms. The lowest BCUT2D eigenvalue weighted by Crippen LogP contribution is -2.44. The summed E-state index contributed by atoms with van der Waals surface area (Å²) in [6.07, 6.45) is 4.27. The van der Waals surface area contributed by atoms with Gasteiger partial charge < -0.3 is 4.90 Å². The molecule has 96 valence electrons. The first-order valence-corrected chi connectivity index (χ1v) is 6.47. The fourth-order valence-corrected chi connectivity index (χ4v) is 2.42. The van der Waals surface area contributed by atoms with Gasteiger partial charge in [0, 0.05) is 25.2 Å². The lowest BCUT2D eigenvalue weighted by atomic mass is 9.81. The van der Waals surface area contributed by atoms with E-state index in [9.17, 15) is 4.79 Å². The second-order valence-electron chi connectivity index (χ2n) is 6.03. The quantitative estimate of drug-likeness (QED) is 0.793. The second kappa shape index (κ2) is 4.97. The molecular weight excluding hydrogens is 222 g/mol. The highest BCUT2D eigenvalue weighted by atomic mass is 16.1. The van der Waals surface area contributed by atoms with Crippen molar-refractivity contribution in [2.75, 3.05) is 0 Å². The molecule has 1 aliphatic rings. The lowest BCUT2D eigenvalue weighted by Gasteiger charge is -2.41. The van der Waals surface area contributed by atoms with Crippen LogP contribution in [0.3, 0.4) is 0 Å². The molecule has 1 aromatic carbocycles. The topological polar surface area (TPSA) is 20.3 Å². The first-order chi connectivity index (χ1) is 8.47. The van der Waals surface area contributed by atoms with Crippen LogP contribution in [-0.4, -0.2) is 16.7 Å². The Balaban J connectivity index is 2.19. The van der Waals surface area contributed by atoms with E-state index < -0.39 is 0 Å². The Bertz CT molecular complexity index is 442. The highest BCUT2D eigenvalue weighted by Gasteiger charge is 2.32. The molecule has 1 heterocycles. The van der Waals surface area contributed by atoms with Gasteiger partial charge in [0.05, 0.1) is 0 Å². The third-order valence-electron chi connectivity index (χ3n) is 3.45. The van der Waals surface area contributed by atoms with Crippen LogP contribution in [0.15, 0.2) is 42.6 Å². The van der Waals surface area contributed by atoms with Crippen LogP contribution in [0.2, 0.25) is 0 Å². The zero-order valence-corrected chi connectivity index (χ0v) is 11.4. The Morgan fingerprint density at radius 1 is 1.22 bits per heavy atom. The Morgan fingerprint density at radius 3 is 2.50 bits per heavy atom. The molecule has 0 N–H and O–H groups in total. The molecule has 18 heavy (non-hydrogen) atoms. The number of hydrogen-bond donors (Lipinski definition) is 0. The van der Waals surface area contributed by atoms with Gasteiger partial charge in [0.1, 0.15) is 0 Å². The van der Waals surface area contributed by atoms with Crippen LogP contribution in [0.5, 0.6) is 0 Å². The number of carbonyl (C=O) groups is 1. The van der Waals surface area contributed by atoms with Gasteiger partial charge in [-0.25, -0.2) is 0 Å². The summed E-state index contributed by atoms with van der Waals surface area (Å²) < 4.78 is 0. The maximum atomic E-state index is 11.6. The summed E-state index contributed by atoms with van der Waals surface area (Å²) in [5.74, 6) is 0.235. The maximum absolute atomic E-state index is 11.6. The van der Waals surface area contributed by atoms with E-state index in [4.69, 9.17) is 0 Å². The summed E-state index contributed by atoms with van der Waals surface area (Å²) in [6.45, 7) is 7.46. The van der Waals surface area contributed by atoms with Gasteiger partial charge in [-0.3, -0.25) is 4.79 Å². The van der Waals surface area contributed by atoms with Crippen LogP contribution >= 0.6 is 0 Å². The summed E-state index contributed by atoms with van der Waals surface area (Å²) in [5, 5.41) is 0. The molecule has 0 radical (unpaired) electrons. The van der Waals surface area contributed by atoms with E-state index in [0.717, 1.165) is 6.54 Å². The Hall–Kier alpha value is -1.57. The van der Waals surface area contributed by atoms with Crippen molar-refractivity contribution < 1.29 is 4.79 Å². The molecule has 2 rings (SSSR count).